The zero-order valence-electron chi connectivity index (χ0n) is 17.0. The number of aromatic amines is 1. The third-order valence-electron chi connectivity index (χ3n) is 5.30. The third kappa shape index (κ3) is 3.99. The highest BCUT2D eigenvalue weighted by Gasteiger charge is 2.24. The number of nitrogens with zero attached hydrogens (tertiary/aromatic N) is 2. The molecule has 7 nitrogen and oxygen atoms in total. The SMILES string of the molecule is COc1cccc2c1OC[C@@H](NC(=O)N(C)CCc1nc3c(C)cccc3[nH]1)C2. The highest BCUT2D eigenvalue weighted by atomic mass is 16.5. The Morgan fingerprint density at radius 3 is 2.97 bits per heavy atom. The Hall–Kier alpha value is -3.22. The monoisotopic (exact) mass is 394 g/mol. The number of fused-ring (bicyclic) bond motifs is 2. The lowest BCUT2D eigenvalue weighted by atomic mass is 10.0. The van der Waals surface area contributed by atoms with Crippen LogP contribution >= 0.6 is 0 Å². The maximum atomic E-state index is 12.6. The van der Waals surface area contributed by atoms with Crippen LogP contribution in [0.15, 0.2) is 36.4 Å². The number of hydrogen-bond donors (Lipinski definition) is 2. The normalized spacial score (nSPS) is 15.5. The number of hydrogen-bond acceptors (Lipinski definition) is 4. The summed E-state index contributed by atoms with van der Waals surface area (Å²) in [5, 5.41) is 3.06. The number of urea groups is 1. The summed E-state index contributed by atoms with van der Waals surface area (Å²) in [6.45, 7) is 3.05. The Kier molecular flexibility index (Phi) is 5.29. The smallest absolute Gasteiger partial charge is 0.317 e. The number of likely N-dealkylation sites (N-methyl/N-ethyl adjacent to an activating group) is 1. The average molecular weight is 394 g/mol. The molecule has 0 spiro atoms. The molecule has 0 radical (unpaired) electrons. The molecular formula is C22H26N4O3. The first-order chi connectivity index (χ1) is 14.0. The van der Waals surface area contributed by atoms with Crippen LogP contribution < -0.4 is 14.8 Å². The molecule has 2 heterocycles. The van der Waals surface area contributed by atoms with Crippen molar-refractivity contribution in [2.24, 2.45) is 0 Å². The first-order valence-electron chi connectivity index (χ1n) is 9.79. The van der Waals surface area contributed by atoms with E-state index >= 15 is 0 Å². The lowest BCUT2D eigenvalue weighted by Gasteiger charge is -2.28. The van der Waals surface area contributed by atoms with Crippen LogP contribution in [-0.2, 0) is 12.8 Å². The summed E-state index contributed by atoms with van der Waals surface area (Å²) in [7, 11) is 3.43. The predicted molar refractivity (Wildman–Crippen MR) is 112 cm³/mol. The molecule has 0 unspecified atom stereocenters. The average Bonchev–Trinajstić information content (AvgIpc) is 3.16. The molecule has 1 aliphatic rings. The van der Waals surface area contributed by atoms with E-state index in [-0.39, 0.29) is 12.1 Å². The van der Waals surface area contributed by atoms with Gasteiger partial charge in [-0.05, 0) is 31.0 Å². The lowest BCUT2D eigenvalue weighted by Crippen LogP contribution is -2.48. The number of aromatic nitrogens is 2. The number of amides is 2. The molecule has 0 bridgehead atoms. The Bertz CT molecular complexity index is 1030. The molecule has 4 rings (SSSR count). The zero-order valence-corrected chi connectivity index (χ0v) is 17.0. The standard InChI is InChI=1S/C22H26N4O3/c1-14-6-4-8-17-20(14)25-19(24-17)10-11-26(2)22(27)23-16-12-15-7-5-9-18(28-3)21(15)29-13-16/h4-9,16H,10-13H2,1-3H3,(H,23,27)(H,24,25)/t16-/m0/s1. The molecule has 0 fully saturated rings. The fraction of sp³-hybridized carbons (Fsp3) is 0.364. The second-order valence-corrected chi connectivity index (χ2v) is 7.44. The van der Waals surface area contributed by atoms with Gasteiger partial charge < -0.3 is 24.7 Å². The number of ether oxygens (including phenoxy) is 2. The van der Waals surface area contributed by atoms with Crippen LogP contribution in [-0.4, -0.2) is 54.2 Å². The van der Waals surface area contributed by atoms with Crippen molar-refractivity contribution < 1.29 is 14.3 Å². The van der Waals surface area contributed by atoms with Gasteiger partial charge in [0.2, 0.25) is 0 Å². The predicted octanol–water partition coefficient (Wildman–Crippen LogP) is 3.07. The molecule has 1 aromatic heterocycles. The van der Waals surface area contributed by atoms with E-state index in [1.807, 2.05) is 43.3 Å². The van der Waals surface area contributed by atoms with Gasteiger partial charge in [-0.1, -0.05) is 24.3 Å². The van der Waals surface area contributed by atoms with Crippen molar-refractivity contribution in [1.29, 1.82) is 0 Å². The molecule has 2 amide bonds. The lowest BCUT2D eigenvalue weighted by molar-refractivity contribution is 0.187. The van der Waals surface area contributed by atoms with Gasteiger partial charge in [-0.15, -0.1) is 0 Å². The summed E-state index contributed by atoms with van der Waals surface area (Å²) in [5.41, 5.74) is 4.20. The van der Waals surface area contributed by atoms with Gasteiger partial charge in [-0.25, -0.2) is 9.78 Å². The quantitative estimate of drug-likeness (QED) is 0.697. The van der Waals surface area contributed by atoms with Gasteiger partial charge in [0.15, 0.2) is 11.5 Å². The van der Waals surface area contributed by atoms with Gasteiger partial charge in [0.05, 0.1) is 24.2 Å². The van der Waals surface area contributed by atoms with Crippen molar-refractivity contribution in [2.45, 2.75) is 25.8 Å². The number of para-hydroxylation sites is 2. The van der Waals surface area contributed by atoms with Crippen LogP contribution in [0.2, 0.25) is 0 Å². The number of rotatable bonds is 5. The van der Waals surface area contributed by atoms with Crippen LogP contribution in [0.4, 0.5) is 4.79 Å². The molecule has 0 saturated carbocycles. The minimum absolute atomic E-state index is 0.0709. The molecule has 3 aromatic rings. The molecule has 1 atom stereocenters. The Labute approximate surface area is 170 Å². The zero-order chi connectivity index (χ0) is 20.4. The Morgan fingerprint density at radius 1 is 1.34 bits per heavy atom. The fourth-order valence-corrected chi connectivity index (χ4v) is 3.65. The van der Waals surface area contributed by atoms with Crippen LogP contribution in [0.5, 0.6) is 11.5 Å². The molecule has 2 aromatic carbocycles. The van der Waals surface area contributed by atoms with E-state index in [1.165, 1.54) is 0 Å². The highest BCUT2D eigenvalue weighted by molar-refractivity contribution is 5.78. The van der Waals surface area contributed by atoms with Gasteiger partial charge in [-0.3, -0.25) is 0 Å². The number of carbonyl (C=O) groups excluding carboxylic acids is 1. The summed E-state index contributed by atoms with van der Waals surface area (Å²) < 4.78 is 11.2. The topological polar surface area (TPSA) is 79.5 Å². The van der Waals surface area contributed by atoms with E-state index in [0.29, 0.717) is 19.6 Å². The van der Waals surface area contributed by atoms with Crippen molar-refractivity contribution >= 4 is 17.1 Å². The molecular weight excluding hydrogens is 368 g/mol. The van der Waals surface area contributed by atoms with E-state index in [9.17, 15) is 4.79 Å². The van der Waals surface area contributed by atoms with Crippen molar-refractivity contribution in [3.63, 3.8) is 0 Å². The van der Waals surface area contributed by atoms with E-state index in [0.717, 1.165) is 45.9 Å². The van der Waals surface area contributed by atoms with E-state index in [2.05, 4.69) is 15.3 Å². The Morgan fingerprint density at radius 2 is 2.17 bits per heavy atom. The van der Waals surface area contributed by atoms with Crippen LogP contribution in [0.3, 0.4) is 0 Å². The maximum absolute atomic E-state index is 12.6. The van der Waals surface area contributed by atoms with Crippen molar-refractivity contribution in [1.82, 2.24) is 20.2 Å². The largest absolute Gasteiger partial charge is 0.493 e. The van der Waals surface area contributed by atoms with Crippen LogP contribution in [0.1, 0.15) is 17.0 Å². The van der Waals surface area contributed by atoms with Crippen molar-refractivity contribution in [3.8, 4) is 11.5 Å². The van der Waals surface area contributed by atoms with Gasteiger partial charge in [0.25, 0.3) is 0 Å². The van der Waals surface area contributed by atoms with Crippen molar-refractivity contribution in [2.75, 3.05) is 27.3 Å². The number of imidazole rings is 1. The molecule has 7 heteroatoms. The minimum atomic E-state index is -0.114. The van der Waals surface area contributed by atoms with Crippen LogP contribution in [0, 0.1) is 6.92 Å². The van der Waals surface area contributed by atoms with Crippen LogP contribution in [0.25, 0.3) is 11.0 Å². The second-order valence-electron chi connectivity index (χ2n) is 7.44. The van der Waals surface area contributed by atoms with Gasteiger partial charge in [0, 0.05) is 25.6 Å². The molecule has 0 saturated heterocycles. The maximum Gasteiger partial charge on any atom is 0.317 e. The van der Waals surface area contributed by atoms with E-state index in [1.54, 1.807) is 19.1 Å². The molecule has 0 aliphatic carbocycles. The molecule has 29 heavy (non-hydrogen) atoms. The first kappa shape index (κ1) is 19.1. The van der Waals surface area contributed by atoms with Gasteiger partial charge in [-0.2, -0.15) is 0 Å². The number of methoxy groups -OCH3 is 1. The van der Waals surface area contributed by atoms with E-state index in [4.69, 9.17) is 9.47 Å². The Balaban J connectivity index is 1.33. The summed E-state index contributed by atoms with van der Waals surface area (Å²) in [6.07, 6.45) is 1.38. The second kappa shape index (κ2) is 8.03. The molecule has 1 aliphatic heterocycles. The van der Waals surface area contributed by atoms with Crippen molar-refractivity contribution in [3.05, 3.63) is 53.3 Å². The minimum Gasteiger partial charge on any atom is -0.493 e. The number of H-pyrrole nitrogens is 1. The summed E-state index contributed by atoms with van der Waals surface area (Å²) in [6, 6.07) is 11.7. The highest BCUT2D eigenvalue weighted by Crippen LogP contribution is 2.34. The summed E-state index contributed by atoms with van der Waals surface area (Å²) in [4.78, 5) is 22.3. The number of carbonyl (C=O) groups is 1. The number of aryl methyl sites for hydroxylation is 1. The van der Waals surface area contributed by atoms with Gasteiger partial charge in [0.1, 0.15) is 12.4 Å². The third-order valence-corrected chi connectivity index (χ3v) is 5.30. The number of nitrogens with one attached hydrogen (secondary N) is 2. The molecule has 2 N–H and O–H groups in total. The fourth-order valence-electron chi connectivity index (χ4n) is 3.65. The summed E-state index contributed by atoms with van der Waals surface area (Å²) in [5.74, 6) is 2.38. The van der Waals surface area contributed by atoms with Gasteiger partial charge >= 0.3 is 6.03 Å². The van der Waals surface area contributed by atoms with E-state index < -0.39 is 0 Å². The molecule has 152 valence electrons. The number of benzene rings is 2. The first-order valence-corrected chi connectivity index (χ1v) is 9.79. The summed E-state index contributed by atoms with van der Waals surface area (Å²) >= 11 is 0.